The first-order chi connectivity index (χ1) is 8.86. The van der Waals surface area contributed by atoms with Gasteiger partial charge in [-0.3, -0.25) is 4.99 Å². The molecule has 0 heterocycles. The Balaban J connectivity index is 2.02. The van der Waals surface area contributed by atoms with E-state index >= 15 is 0 Å². The molecule has 18 heavy (non-hydrogen) atoms. The summed E-state index contributed by atoms with van der Waals surface area (Å²) in [6.45, 7) is 9.47. The van der Waals surface area contributed by atoms with E-state index in [9.17, 15) is 0 Å². The highest BCUT2D eigenvalue weighted by molar-refractivity contribution is 5.79. The third-order valence-corrected chi connectivity index (χ3v) is 2.64. The maximum absolute atomic E-state index is 5.56. The van der Waals surface area contributed by atoms with Crippen molar-refractivity contribution in [2.75, 3.05) is 46.1 Å². The molecule has 5 nitrogen and oxygen atoms in total. The van der Waals surface area contributed by atoms with Crippen molar-refractivity contribution in [1.82, 2.24) is 10.6 Å². The molecule has 5 heteroatoms. The molecule has 0 atom stereocenters. The van der Waals surface area contributed by atoms with Crippen LogP contribution in [0.15, 0.2) is 4.99 Å². The Labute approximate surface area is 110 Å². The second-order valence-electron chi connectivity index (χ2n) is 4.40. The van der Waals surface area contributed by atoms with Crippen LogP contribution in [0.2, 0.25) is 0 Å². The molecule has 0 aromatic rings. The van der Waals surface area contributed by atoms with Gasteiger partial charge in [-0.05, 0) is 32.6 Å². The topological polar surface area (TPSA) is 54.9 Å². The van der Waals surface area contributed by atoms with E-state index in [0.29, 0.717) is 13.2 Å². The van der Waals surface area contributed by atoms with E-state index in [1.54, 1.807) is 0 Å². The van der Waals surface area contributed by atoms with Crippen LogP contribution in [0.4, 0.5) is 0 Å². The fourth-order valence-electron chi connectivity index (χ4n) is 1.48. The van der Waals surface area contributed by atoms with E-state index in [1.165, 1.54) is 12.8 Å². The highest BCUT2D eigenvalue weighted by Crippen LogP contribution is 2.28. The first-order valence-corrected chi connectivity index (χ1v) is 7.04. The van der Waals surface area contributed by atoms with Crippen molar-refractivity contribution in [3.8, 4) is 0 Å². The normalized spacial score (nSPS) is 15.8. The zero-order chi connectivity index (χ0) is 13.1. The Morgan fingerprint density at radius 2 is 2.00 bits per heavy atom. The van der Waals surface area contributed by atoms with Crippen molar-refractivity contribution >= 4 is 5.96 Å². The molecule has 1 saturated carbocycles. The number of rotatable bonds is 10. The van der Waals surface area contributed by atoms with Gasteiger partial charge in [-0.1, -0.05) is 0 Å². The Morgan fingerprint density at radius 1 is 1.17 bits per heavy atom. The minimum Gasteiger partial charge on any atom is -0.380 e. The average Bonchev–Trinajstić information content (AvgIpc) is 3.18. The summed E-state index contributed by atoms with van der Waals surface area (Å²) in [5.41, 5.74) is 0. The first kappa shape index (κ1) is 15.2. The summed E-state index contributed by atoms with van der Waals surface area (Å²) in [4.78, 5) is 4.41. The van der Waals surface area contributed by atoms with Gasteiger partial charge in [0.1, 0.15) is 0 Å². The molecule has 0 unspecified atom stereocenters. The minimum absolute atomic E-state index is 0.672. The second kappa shape index (κ2) is 10.1. The molecule has 0 aliphatic heterocycles. The Hall–Kier alpha value is -0.810. The fourth-order valence-corrected chi connectivity index (χ4v) is 1.48. The molecule has 0 amide bonds. The van der Waals surface area contributed by atoms with Crippen LogP contribution in [0.1, 0.15) is 26.7 Å². The molecular formula is C13H27N3O2. The molecule has 1 aliphatic rings. The Morgan fingerprint density at radius 3 is 2.67 bits per heavy atom. The van der Waals surface area contributed by atoms with E-state index < -0.39 is 0 Å². The van der Waals surface area contributed by atoms with Crippen LogP contribution in [0, 0.1) is 5.92 Å². The summed E-state index contributed by atoms with van der Waals surface area (Å²) in [7, 11) is 0. The largest absolute Gasteiger partial charge is 0.380 e. The molecule has 0 aromatic carbocycles. The van der Waals surface area contributed by atoms with E-state index in [-0.39, 0.29) is 0 Å². The van der Waals surface area contributed by atoms with Gasteiger partial charge in [0.05, 0.1) is 19.8 Å². The molecular weight excluding hydrogens is 230 g/mol. The SMILES string of the molecule is CCNC(=NCCOCC)NCCOCC1CC1. The van der Waals surface area contributed by atoms with Crippen LogP contribution in [-0.2, 0) is 9.47 Å². The second-order valence-corrected chi connectivity index (χ2v) is 4.40. The van der Waals surface area contributed by atoms with Crippen molar-refractivity contribution in [3.05, 3.63) is 0 Å². The monoisotopic (exact) mass is 257 g/mol. The van der Waals surface area contributed by atoms with Crippen LogP contribution in [0.5, 0.6) is 0 Å². The van der Waals surface area contributed by atoms with Crippen LogP contribution in [0.25, 0.3) is 0 Å². The van der Waals surface area contributed by atoms with Crippen molar-refractivity contribution in [2.45, 2.75) is 26.7 Å². The summed E-state index contributed by atoms with van der Waals surface area (Å²) >= 11 is 0. The molecule has 0 spiro atoms. The molecule has 0 bridgehead atoms. The number of hydrogen-bond donors (Lipinski definition) is 2. The quantitative estimate of drug-likeness (QED) is 0.348. The van der Waals surface area contributed by atoms with Gasteiger partial charge in [-0.2, -0.15) is 0 Å². The standard InChI is InChI=1S/C13H27N3O2/c1-3-14-13(15-7-9-17-4-2)16-8-10-18-11-12-5-6-12/h12H,3-11H2,1-2H3,(H2,14,15,16). The lowest BCUT2D eigenvalue weighted by Crippen LogP contribution is -2.39. The van der Waals surface area contributed by atoms with Crippen LogP contribution < -0.4 is 10.6 Å². The molecule has 1 rings (SSSR count). The van der Waals surface area contributed by atoms with Crippen LogP contribution in [-0.4, -0.2) is 52.0 Å². The summed E-state index contributed by atoms with van der Waals surface area (Å²) < 4.78 is 10.8. The number of aliphatic imine (C=N–C) groups is 1. The number of guanidine groups is 1. The lowest BCUT2D eigenvalue weighted by Gasteiger charge is -2.11. The third kappa shape index (κ3) is 8.31. The van der Waals surface area contributed by atoms with Gasteiger partial charge in [-0.25, -0.2) is 0 Å². The molecule has 2 N–H and O–H groups in total. The highest BCUT2D eigenvalue weighted by Gasteiger charge is 2.20. The number of hydrogen-bond acceptors (Lipinski definition) is 3. The Kier molecular flexibility index (Phi) is 8.59. The van der Waals surface area contributed by atoms with Gasteiger partial charge in [0, 0.05) is 26.3 Å². The smallest absolute Gasteiger partial charge is 0.191 e. The van der Waals surface area contributed by atoms with Crippen molar-refractivity contribution < 1.29 is 9.47 Å². The Bertz CT molecular complexity index is 230. The predicted molar refractivity (Wildman–Crippen MR) is 74.0 cm³/mol. The van der Waals surface area contributed by atoms with E-state index in [0.717, 1.165) is 44.8 Å². The van der Waals surface area contributed by atoms with E-state index in [2.05, 4.69) is 22.5 Å². The van der Waals surface area contributed by atoms with E-state index in [4.69, 9.17) is 9.47 Å². The minimum atomic E-state index is 0.672. The van der Waals surface area contributed by atoms with Gasteiger partial charge in [0.15, 0.2) is 5.96 Å². The van der Waals surface area contributed by atoms with Crippen molar-refractivity contribution in [2.24, 2.45) is 10.9 Å². The summed E-state index contributed by atoms with van der Waals surface area (Å²) in [5.74, 6) is 1.67. The van der Waals surface area contributed by atoms with Gasteiger partial charge in [-0.15, -0.1) is 0 Å². The summed E-state index contributed by atoms with van der Waals surface area (Å²) in [6.07, 6.45) is 2.68. The molecule has 0 radical (unpaired) electrons. The summed E-state index contributed by atoms with van der Waals surface area (Å²) in [5, 5.41) is 6.45. The molecule has 1 aliphatic carbocycles. The van der Waals surface area contributed by atoms with Crippen LogP contribution >= 0.6 is 0 Å². The van der Waals surface area contributed by atoms with E-state index in [1.807, 2.05) is 6.92 Å². The maximum atomic E-state index is 5.56. The average molecular weight is 257 g/mol. The first-order valence-electron chi connectivity index (χ1n) is 7.04. The number of nitrogens with zero attached hydrogens (tertiary/aromatic N) is 1. The third-order valence-electron chi connectivity index (χ3n) is 2.64. The maximum Gasteiger partial charge on any atom is 0.191 e. The molecule has 1 fully saturated rings. The highest BCUT2D eigenvalue weighted by atomic mass is 16.5. The van der Waals surface area contributed by atoms with Gasteiger partial charge < -0.3 is 20.1 Å². The van der Waals surface area contributed by atoms with Gasteiger partial charge in [0.25, 0.3) is 0 Å². The predicted octanol–water partition coefficient (Wildman–Crippen LogP) is 1.00. The number of nitrogens with one attached hydrogen (secondary N) is 2. The zero-order valence-electron chi connectivity index (χ0n) is 11.7. The fraction of sp³-hybridized carbons (Fsp3) is 0.923. The number of ether oxygens (including phenoxy) is 2. The van der Waals surface area contributed by atoms with Gasteiger partial charge in [0.2, 0.25) is 0 Å². The molecule has 0 saturated heterocycles. The van der Waals surface area contributed by atoms with Crippen molar-refractivity contribution in [3.63, 3.8) is 0 Å². The lowest BCUT2D eigenvalue weighted by atomic mass is 10.5. The summed E-state index contributed by atoms with van der Waals surface area (Å²) in [6, 6.07) is 0. The molecule has 0 aromatic heterocycles. The van der Waals surface area contributed by atoms with Crippen LogP contribution in [0.3, 0.4) is 0 Å². The van der Waals surface area contributed by atoms with Gasteiger partial charge >= 0.3 is 0 Å². The zero-order valence-corrected chi connectivity index (χ0v) is 11.7. The molecule has 106 valence electrons. The lowest BCUT2D eigenvalue weighted by molar-refractivity contribution is 0.129. The van der Waals surface area contributed by atoms with Crippen molar-refractivity contribution in [1.29, 1.82) is 0 Å².